The Labute approximate surface area is 218 Å². The van der Waals surface area contributed by atoms with E-state index in [-0.39, 0.29) is 17.4 Å². The van der Waals surface area contributed by atoms with Crippen molar-refractivity contribution in [3.8, 4) is 11.3 Å². The van der Waals surface area contributed by atoms with Crippen molar-refractivity contribution >= 4 is 17.2 Å². The Morgan fingerprint density at radius 1 is 1.08 bits per heavy atom. The van der Waals surface area contributed by atoms with E-state index >= 15 is 0 Å². The number of alkyl halides is 3. The van der Waals surface area contributed by atoms with Gasteiger partial charge in [0.2, 0.25) is 5.91 Å². The Kier molecular flexibility index (Phi) is 4.98. The first-order chi connectivity index (χ1) is 18.6. The predicted octanol–water partition coefficient (Wildman–Crippen LogP) is 3.76. The van der Waals surface area contributed by atoms with Crippen molar-refractivity contribution in [2.45, 2.75) is 55.5 Å². The summed E-state index contributed by atoms with van der Waals surface area (Å²) >= 11 is 0. The van der Waals surface area contributed by atoms with Crippen LogP contribution in [0.5, 0.6) is 0 Å². The van der Waals surface area contributed by atoms with Gasteiger partial charge in [-0.3, -0.25) is 14.6 Å². The van der Waals surface area contributed by atoms with Gasteiger partial charge in [0.25, 0.3) is 5.56 Å². The molecule has 3 aromatic heterocycles. The molecule has 4 heterocycles. The third-order valence-electron chi connectivity index (χ3n) is 8.38. The number of benzene rings is 1. The van der Waals surface area contributed by atoms with Crippen molar-refractivity contribution in [3.63, 3.8) is 0 Å². The van der Waals surface area contributed by atoms with Crippen LogP contribution in [0.15, 0.2) is 52.4 Å². The van der Waals surface area contributed by atoms with E-state index in [9.17, 15) is 27.6 Å². The normalized spacial score (nSPS) is 21.7. The number of aromatic nitrogens is 5. The Morgan fingerprint density at radius 2 is 1.87 bits per heavy atom. The van der Waals surface area contributed by atoms with Crippen LogP contribution in [0.2, 0.25) is 0 Å². The number of fused-ring (bicyclic) bond motifs is 3. The van der Waals surface area contributed by atoms with Crippen molar-refractivity contribution in [1.29, 1.82) is 0 Å². The Balaban J connectivity index is 1.27. The number of carbonyl (C=O) groups is 1. The molecule has 2 saturated carbocycles. The van der Waals surface area contributed by atoms with Gasteiger partial charge in [0.05, 0.1) is 16.7 Å². The average Bonchev–Trinajstić information content (AvgIpc) is 3.20. The average molecular weight is 537 g/mol. The molecular weight excluding hydrogens is 513 g/mol. The predicted molar refractivity (Wildman–Crippen MR) is 135 cm³/mol. The second-order valence-electron chi connectivity index (χ2n) is 10.7. The molecule has 200 valence electrons. The molecule has 1 aliphatic heterocycles. The molecular formula is C27H23F3N6O3. The fraction of sp³-hybridized carbons (Fsp3) is 0.370. The maximum atomic E-state index is 13.5. The van der Waals surface area contributed by atoms with Crippen LogP contribution in [0.4, 0.5) is 18.9 Å². The number of amides is 1. The zero-order valence-corrected chi connectivity index (χ0v) is 20.6. The lowest BCUT2D eigenvalue weighted by molar-refractivity contribution is -0.134. The summed E-state index contributed by atoms with van der Waals surface area (Å²) in [5.74, 6) is -0.450. The van der Waals surface area contributed by atoms with Crippen molar-refractivity contribution in [2.24, 2.45) is 0 Å². The van der Waals surface area contributed by atoms with Crippen LogP contribution in [0.3, 0.4) is 0 Å². The van der Waals surface area contributed by atoms with Gasteiger partial charge < -0.3 is 9.88 Å². The Bertz CT molecular complexity index is 1760. The largest absolute Gasteiger partial charge is 0.406 e. The van der Waals surface area contributed by atoms with Gasteiger partial charge in [0.1, 0.15) is 6.54 Å². The fourth-order valence-electron chi connectivity index (χ4n) is 6.54. The molecule has 7 rings (SSSR count). The number of anilines is 1. The van der Waals surface area contributed by atoms with E-state index in [2.05, 4.69) is 20.1 Å². The van der Waals surface area contributed by atoms with Gasteiger partial charge in [0.15, 0.2) is 5.65 Å². The highest BCUT2D eigenvalue weighted by Crippen LogP contribution is 2.58. The highest BCUT2D eigenvalue weighted by Gasteiger charge is 2.54. The van der Waals surface area contributed by atoms with Gasteiger partial charge in [-0.25, -0.2) is 14.3 Å². The second kappa shape index (κ2) is 8.14. The summed E-state index contributed by atoms with van der Waals surface area (Å²) < 4.78 is 42.1. The van der Waals surface area contributed by atoms with E-state index in [1.54, 1.807) is 29.0 Å². The number of hydrogen-bond acceptors (Lipinski definition) is 5. The van der Waals surface area contributed by atoms with Gasteiger partial charge in [-0.05, 0) is 54.4 Å². The molecule has 2 aliphatic carbocycles. The lowest BCUT2D eigenvalue weighted by atomic mass is 9.80. The molecule has 0 bridgehead atoms. The highest BCUT2D eigenvalue weighted by atomic mass is 19.4. The zero-order valence-electron chi connectivity index (χ0n) is 20.6. The summed E-state index contributed by atoms with van der Waals surface area (Å²) in [7, 11) is 0. The van der Waals surface area contributed by atoms with Crippen LogP contribution in [0, 0.1) is 0 Å². The molecule has 2 fully saturated rings. The van der Waals surface area contributed by atoms with Crippen LogP contribution < -0.4 is 16.1 Å². The number of imidazole rings is 1. The van der Waals surface area contributed by atoms with E-state index in [0.717, 1.165) is 35.3 Å². The first kappa shape index (κ1) is 23.9. The van der Waals surface area contributed by atoms with Crippen LogP contribution in [0.25, 0.3) is 16.9 Å². The monoisotopic (exact) mass is 536 g/mol. The molecule has 0 unspecified atom stereocenters. The standard InChI is InChI=1S/C27H23F3N6O3/c28-27(29,30)13-35-21-9-14(3-4-19(21)26(24(35)38)5-1-2-6-26)15-10-16(15)17-11-20(34-36-8-7-31-22(17)36)18-12-32-25(39)33-23(18)37/h3-4,7-9,11-12,15-16H,1-2,5-6,10,13H2,(H2,32,33,37,39)/t15-,16+/m1/s1. The van der Waals surface area contributed by atoms with Crippen LogP contribution in [0.1, 0.15) is 60.6 Å². The van der Waals surface area contributed by atoms with E-state index < -0.39 is 35.3 Å². The molecule has 0 radical (unpaired) electrons. The Hall–Kier alpha value is -4.22. The molecule has 4 aromatic rings. The molecule has 12 heteroatoms. The highest BCUT2D eigenvalue weighted by molar-refractivity contribution is 6.08. The minimum absolute atomic E-state index is 0.00267. The SMILES string of the molecule is O=C1N(CC(F)(F)F)c2cc([C@H]3C[C@@H]3c3cc(-c4c[nH]c(=O)[nH]c4=O)nn4ccnc34)ccc2C12CCCC2. The second-order valence-corrected chi connectivity index (χ2v) is 10.7. The van der Waals surface area contributed by atoms with Crippen molar-refractivity contribution < 1.29 is 18.0 Å². The van der Waals surface area contributed by atoms with Crippen molar-refractivity contribution in [1.82, 2.24) is 24.6 Å². The maximum Gasteiger partial charge on any atom is 0.406 e. The third kappa shape index (κ3) is 3.72. The molecule has 3 aliphatic rings. The van der Waals surface area contributed by atoms with Crippen molar-refractivity contribution in [2.75, 3.05) is 11.4 Å². The summed E-state index contributed by atoms with van der Waals surface area (Å²) in [5.41, 5.74) is 1.90. The molecule has 1 amide bonds. The minimum Gasteiger partial charge on any atom is -0.313 e. The van der Waals surface area contributed by atoms with Gasteiger partial charge >= 0.3 is 11.9 Å². The van der Waals surface area contributed by atoms with Crippen molar-refractivity contribution in [3.05, 3.63) is 80.4 Å². The minimum atomic E-state index is -4.51. The number of carbonyl (C=O) groups excluding carboxylic acids is 1. The summed E-state index contributed by atoms with van der Waals surface area (Å²) in [4.78, 5) is 47.3. The molecule has 1 aromatic carbocycles. The topological polar surface area (TPSA) is 116 Å². The molecule has 2 atom stereocenters. The fourth-order valence-corrected chi connectivity index (χ4v) is 6.54. The van der Waals surface area contributed by atoms with Crippen LogP contribution in [-0.2, 0) is 10.2 Å². The van der Waals surface area contributed by atoms with E-state index in [0.29, 0.717) is 35.4 Å². The van der Waals surface area contributed by atoms with Gasteiger partial charge in [-0.15, -0.1) is 0 Å². The summed E-state index contributed by atoms with van der Waals surface area (Å²) in [6.45, 7) is -1.30. The van der Waals surface area contributed by atoms with Crippen LogP contribution in [-0.4, -0.2) is 43.2 Å². The summed E-state index contributed by atoms with van der Waals surface area (Å²) in [5, 5.41) is 4.47. The third-order valence-corrected chi connectivity index (χ3v) is 8.38. The Morgan fingerprint density at radius 3 is 2.62 bits per heavy atom. The number of nitrogens with zero attached hydrogens (tertiary/aromatic N) is 4. The number of H-pyrrole nitrogens is 2. The smallest absolute Gasteiger partial charge is 0.313 e. The summed E-state index contributed by atoms with van der Waals surface area (Å²) in [6.07, 6.45) is 3.57. The molecule has 2 N–H and O–H groups in total. The first-order valence-corrected chi connectivity index (χ1v) is 12.8. The molecule has 0 saturated heterocycles. The van der Waals surface area contributed by atoms with Crippen LogP contribution >= 0.6 is 0 Å². The van der Waals surface area contributed by atoms with E-state index in [4.69, 9.17) is 0 Å². The first-order valence-electron chi connectivity index (χ1n) is 12.8. The number of aromatic amines is 2. The summed E-state index contributed by atoms with van der Waals surface area (Å²) in [6, 6.07) is 7.32. The van der Waals surface area contributed by atoms with Gasteiger partial charge in [-0.2, -0.15) is 18.3 Å². The lowest BCUT2D eigenvalue weighted by Crippen LogP contribution is -2.43. The quantitative estimate of drug-likeness (QED) is 0.412. The molecule has 39 heavy (non-hydrogen) atoms. The number of rotatable bonds is 4. The molecule has 1 spiro atoms. The van der Waals surface area contributed by atoms with E-state index in [1.807, 2.05) is 12.1 Å². The molecule has 9 nitrogen and oxygen atoms in total. The van der Waals surface area contributed by atoms with Gasteiger partial charge in [-0.1, -0.05) is 25.0 Å². The lowest BCUT2D eigenvalue weighted by Gasteiger charge is -2.24. The zero-order chi connectivity index (χ0) is 27.1. The number of halogens is 3. The van der Waals surface area contributed by atoms with E-state index in [1.165, 1.54) is 6.20 Å². The maximum absolute atomic E-state index is 13.5. The van der Waals surface area contributed by atoms with Gasteiger partial charge in [0, 0.05) is 29.8 Å². The number of hydrogen-bond donors (Lipinski definition) is 2. The number of nitrogens with one attached hydrogen (secondary N) is 2.